The minimum absolute atomic E-state index is 0.299. The van der Waals surface area contributed by atoms with Gasteiger partial charge in [-0.05, 0) is 31.6 Å². The number of aliphatic hydroxyl groups excluding tert-OH is 1. The van der Waals surface area contributed by atoms with E-state index in [0.717, 1.165) is 37.6 Å². The first-order chi connectivity index (χ1) is 8.76. The van der Waals surface area contributed by atoms with Crippen molar-refractivity contribution in [3.63, 3.8) is 0 Å². The molecule has 0 aromatic carbocycles. The highest BCUT2D eigenvalue weighted by Crippen LogP contribution is 2.39. The van der Waals surface area contributed by atoms with E-state index in [1.807, 2.05) is 6.07 Å². The monoisotopic (exact) mass is 248 g/mol. The number of aromatic nitrogens is 2. The van der Waals surface area contributed by atoms with E-state index in [1.54, 1.807) is 0 Å². The van der Waals surface area contributed by atoms with Crippen LogP contribution in [0, 0.1) is 5.92 Å². The Balaban J connectivity index is 1.75. The van der Waals surface area contributed by atoms with Gasteiger partial charge in [0.15, 0.2) is 0 Å². The minimum atomic E-state index is 0.299. The Morgan fingerprint density at radius 2 is 1.94 bits per heavy atom. The van der Waals surface area contributed by atoms with Crippen molar-refractivity contribution in [1.29, 1.82) is 0 Å². The third-order valence-corrected chi connectivity index (χ3v) is 3.89. The van der Waals surface area contributed by atoms with Gasteiger partial charge in [0.05, 0.1) is 0 Å². The standard InChI is InChI=1S/C13H20N4O/c14-11-7-12(16-13(15-11)10-1-2-10)17-5-3-9(8-18)4-6-17/h7,9-10,18H,1-6,8H2,(H2,14,15,16). The summed E-state index contributed by atoms with van der Waals surface area (Å²) < 4.78 is 0. The first kappa shape index (κ1) is 11.7. The molecular weight excluding hydrogens is 228 g/mol. The van der Waals surface area contributed by atoms with Crippen LogP contribution in [-0.2, 0) is 0 Å². The Bertz CT molecular complexity index is 425. The molecular formula is C13H20N4O. The third kappa shape index (κ3) is 2.41. The van der Waals surface area contributed by atoms with Crippen LogP contribution >= 0.6 is 0 Å². The van der Waals surface area contributed by atoms with Gasteiger partial charge < -0.3 is 15.7 Å². The van der Waals surface area contributed by atoms with E-state index in [2.05, 4.69) is 14.9 Å². The van der Waals surface area contributed by atoms with Crippen LogP contribution in [0.25, 0.3) is 0 Å². The largest absolute Gasteiger partial charge is 0.396 e. The molecule has 1 aromatic rings. The molecule has 5 heteroatoms. The highest BCUT2D eigenvalue weighted by atomic mass is 16.3. The molecule has 0 bridgehead atoms. The molecule has 3 N–H and O–H groups in total. The van der Waals surface area contributed by atoms with E-state index >= 15 is 0 Å². The Labute approximate surface area is 107 Å². The van der Waals surface area contributed by atoms with E-state index in [0.29, 0.717) is 24.3 Å². The summed E-state index contributed by atoms with van der Waals surface area (Å²) in [5, 5.41) is 9.15. The second kappa shape index (κ2) is 4.72. The van der Waals surface area contributed by atoms with Crippen LogP contribution in [0.2, 0.25) is 0 Å². The number of anilines is 2. The predicted molar refractivity (Wildman–Crippen MR) is 70.4 cm³/mol. The fraction of sp³-hybridized carbons (Fsp3) is 0.692. The molecule has 2 heterocycles. The number of nitrogens with two attached hydrogens (primary N) is 1. The molecule has 98 valence electrons. The molecule has 2 aliphatic rings. The number of nitrogen functional groups attached to an aromatic ring is 1. The summed E-state index contributed by atoms with van der Waals surface area (Å²) in [4.78, 5) is 11.2. The molecule has 1 aliphatic carbocycles. The number of hydrogen-bond acceptors (Lipinski definition) is 5. The lowest BCUT2D eigenvalue weighted by Crippen LogP contribution is -2.35. The van der Waals surface area contributed by atoms with E-state index in [4.69, 9.17) is 10.8 Å². The smallest absolute Gasteiger partial charge is 0.136 e. The maximum Gasteiger partial charge on any atom is 0.136 e. The molecule has 5 nitrogen and oxygen atoms in total. The zero-order valence-electron chi connectivity index (χ0n) is 10.5. The van der Waals surface area contributed by atoms with Crippen molar-refractivity contribution >= 4 is 11.6 Å². The molecule has 3 rings (SSSR count). The maximum absolute atomic E-state index is 9.15. The van der Waals surface area contributed by atoms with E-state index in [1.165, 1.54) is 12.8 Å². The molecule has 0 radical (unpaired) electrons. The number of nitrogens with zero attached hydrogens (tertiary/aromatic N) is 3. The van der Waals surface area contributed by atoms with Gasteiger partial charge in [0.25, 0.3) is 0 Å². The number of piperidine rings is 1. The molecule has 1 aromatic heterocycles. The van der Waals surface area contributed by atoms with E-state index in [9.17, 15) is 0 Å². The fourth-order valence-electron chi connectivity index (χ4n) is 2.50. The van der Waals surface area contributed by atoms with Gasteiger partial charge in [-0.2, -0.15) is 0 Å². The summed E-state index contributed by atoms with van der Waals surface area (Å²) in [5.41, 5.74) is 5.87. The van der Waals surface area contributed by atoms with Crippen molar-refractivity contribution in [2.45, 2.75) is 31.6 Å². The molecule has 0 spiro atoms. The lowest BCUT2D eigenvalue weighted by molar-refractivity contribution is 0.203. The molecule has 18 heavy (non-hydrogen) atoms. The summed E-state index contributed by atoms with van der Waals surface area (Å²) >= 11 is 0. The van der Waals surface area contributed by atoms with Gasteiger partial charge in [-0.25, -0.2) is 9.97 Å². The second-order valence-corrected chi connectivity index (χ2v) is 5.40. The van der Waals surface area contributed by atoms with Gasteiger partial charge in [-0.1, -0.05) is 0 Å². The normalized spacial score (nSPS) is 21.3. The number of rotatable bonds is 3. The summed E-state index contributed by atoms with van der Waals surface area (Å²) in [7, 11) is 0. The van der Waals surface area contributed by atoms with Gasteiger partial charge >= 0.3 is 0 Å². The van der Waals surface area contributed by atoms with Gasteiger partial charge in [-0.15, -0.1) is 0 Å². The predicted octanol–water partition coefficient (Wildman–Crippen LogP) is 1.14. The summed E-state index contributed by atoms with van der Waals surface area (Å²) in [5.74, 6) is 3.42. The molecule has 0 amide bonds. The molecule has 1 aliphatic heterocycles. The highest BCUT2D eigenvalue weighted by molar-refractivity contribution is 5.47. The summed E-state index contributed by atoms with van der Waals surface area (Å²) in [6.45, 7) is 2.20. The molecule has 0 atom stereocenters. The molecule has 1 saturated carbocycles. The van der Waals surface area contributed by atoms with Crippen LogP contribution in [0.15, 0.2) is 6.07 Å². The van der Waals surface area contributed by atoms with Gasteiger partial charge in [-0.3, -0.25) is 0 Å². The minimum Gasteiger partial charge on any atom is -0.396 e. The highest BCUT2D eigenvalue weighted by Gasteiger charge is 2.28. The van der Waals surface area contributed by atoms with Crippen molar-refractivity contribution in [2.24, 2.45) is 5.92 Å². The van der Waals surface area contributed by atoms with Crippen LogP contribution in [0.4, 0.5) is 11.6 Å². The number of aliphatic hydroxyl groups is 1. The van der Waals surface area contributed by atoms with Crippen molar-refractivity contribution in [3.05, 3.63) is 11.9 Å². The quantitative estimate of drug-likeness (QED) is 0.839. The van der Waals surface area contributed by atoms with Crippen LogP contribution in [0.3, 0.4) is 0 Å². The van der Waals surface area contributed by atoms with Crippen LogP contribution in [-0.4, -0.2) is 34.8 Å². The van der Waals surface area contributed by atoms with Crippen LogP contribution < -0.4 is 10.6 Å². The SMILES string of the molecule is Nc1cc(N2CCC(CO)CC2)nc(C2CC2)n1. The van der Waals surface area contributed by atoms with Crippen molar-refractivity contribution in [2.75, 3.05) is 30.3 Å². The maximum atomic E-state index is 9.15. The zero-order chi connectivity index (χ0) is 12.5. The van der Waals surface area contributed by atoms with Crippen LogP contribution in [0.5, 0.6) is 0 Å². The summed E-state index contributed by atoms with van der Waals surface area (Å²) in [6, 6.07) is 1.87. The molecule has 2 fully saturated rings. The fourth-order valence-corrected chi connectivity index (χ4v) is 2.50. The topological polar surface area (TPSA) is 75.3 Å². The Kier molecular flexibility index (Phi) is 3.07. The average molecular weight is 248 g/mol. The van der Waals surface area contributed by atoms with Crippen LogP contribution in [0.1, 0.15) is 37.4 Å². The summed E-state index contributed by atoms with van der Waals surface area (Å²) in [6.07, 6.45) is 4.43. The Morgan fingerprint density at radius 1 is 1.22 bits per heavy atom. The van der Waals surface area contributed by atoms with Gasteiger partial charge in [0.1, 0.15) is 17.5 Å². The lowest BCUT2D eigenvalue weighted by atomic mass is 9.98. The third-order valence-electron chi connectivity index (χ3n) is 3.89. The average Bonchev–Trinajstić information content (AvgIpc) is 3.22. The Morgan fingerprint density at radius 3 is 2.56 bits per heavy atom. The lowest BCUT2D eigenvalue weighted by Gasteiger charge is -2.32. The molecule has 0 unspecified atom stereocenters. The zero-order valence-corrected chi connectivity index (χ0v) is 10.5. The Hall–Kier alpha value is -1.36. The van der Waals surface area contributed by atoms with Crippen molar-refractivity contribution in [3.8, 4) is 0 Å². The first-order valence-electron chi connectivity index (χ1n) is 6.76. The van der Waals surface area contributed by atoms with Gasteiger partial charge in [0, 0.05) is 31.7 Å². The van der Waals surface area contributed by atoms with Crippen molar-refractivity contribution in [1.82, 2.24) is 9.97 Å². The van der Waals surface area contributed by atoms with Gasteiger partial charge in [0.2, 0.25) is 0 Å². The van der Waals surface area contributed by atoms with Crippen molar-refractivity contribution < 1.29 is 5.11 Å². The van der Waals surface area contributed by atoms with E-state index in [-0.39, 0.29) is 0 Å². The second-order valence-electron chi connectivity index (χ2n) is 5.40. The number of hydrogen-bond donors (Lipinski definition) is 2. The first-order valence-corrected chi connectivity index (χ1v) is 6.76. The van der Waals surface area contributed by atoms with E-state index < -0.39 is 0 Å². The molecule has 1 saturated heterocycles.